The van der Waals surface area contributed by atoms with Gasteiger partial charge in [0, 0.05) is 16.0 Å². The van der Waals surface area contributed by atoms with Crippen molar-refractivity contribution < 1.29 is 4.79 Å². The second kappa shape index (κ2) is 5.25. The molecule has 1 aliphatic heterocycles. The van der Waals surface area contributed by atoms with Crippen molar-refractivity contribution in [2.45, 2.75) is 26.3 Å². The van der Waals surface area contributed by atoms with Crippen LogP contribution in [0.5, 0.6) is 0 Å². The Kier molecular flexibility index (Phi) is 3.23. The number of carbonyl (C=O) groups excluding carboxylic acids is 1. The molecule has 1 amide bonds. The van der Waals surface area contributed by atoms with E-state index in [0.717, 1.165) is 29.7 Å². The lowest BCUT2D eigenvalue weighted by atomic mass is 10.0. The molecule has 3 heteroatoms. The Morgan fingerprint density at radius 2 is 2.05 bits per heavy atom. The number of fused-ring (bicyclic) bond motifs is 2. The van der Waals surface area contributed by atoms with Crippen molar-refractivity contribution in [3.05, 3.63) is 64.5 Å². The molecule has 2 aromatic carbocycles. The molecule has 0 saturated carbocycles. The van der Waals surface area contributed by atoms with Gasteiger partial charge in [-0.25, -0.2) is 0 Å². The Morgan fingerprint density at radius 1 is 1.14 bits per heavy atom. The van der Waals surface area contributed by atoms with Crippen LogP contribution in [0, 0.1) is 0 Å². The summed E-state index contributed by atoms with van der Waals surface area (Å²) in [6.07, 6.45) is 2.13. The summed E-state index contributed by atoms with van der Waals surface area (Å²) >= 11 is 1.73. The molecule has 0 aliphatic carbocycles. The van der Waals surface area contributed by atoms with Crippen molar-refractivity contribution in [3.63, 3.8) is 0 Å². The molecule has 0 bridgehead atoms. The quantitative estimate of drug-likeness (QED) is 0.665. The van der Waals surface area contributed by atoms with Crippen LogP contribution in [0.2, 0.25) is 0 Å². The average Bonchev–Trinajstić information content (AvgIpc) is 3.12. The van der Waals surface area contributed by atoms with Gasteiger partial charge in [-0.3, -0.25) is 4.79 Å². The molecule has 3 aromatic rings. The summed E-state index contributed by atoms with van der Waals surface area (Å²) in [5, 5.41) is 3.30. The van der Waals surface area contributed by atoms with E-state index in [9.17, 15) is 4.79 Å². The van der Waals surface area contributed by atoms with Gasteiger partial charge < -0.3 is 4.90 Å². The molecule has 0 saturated heterocycles. The van der Waals surface area contributed by atoms with E-state index in [0.29, 0.717) is 6.54 Å². The van der Waals surface area contributed by atoms with E-state index in [-0.39, 0.29) is 5.91 Å². The number of anilines is 1. The maximum Gasteiger partial charge on any atom is 0.258 e. The lowest BCUT2D eigenvalue weighted by molar-refractivity contribution is 0.0996. The normalized spacial score (nSPS) is 13.9. The minimum absolute atomic E-state index is 0.127. The van der Waals surface area contributed by atoms with Gasteiger partial charge in [0.15, 0.2) is 0 Å². The Bertz CT molecular complexity index is 865. The molecule has 110 valence electrons. The van der Waals surface area contributed by atoms with Gasteiger partial charge in [0.1, 0.15) is 0 Å². The van der Waals surface area contributed by atoms with Crippen molar-refractivity contribution in [1.29, 1.82) is 0 Å². The van der Waals surface area contributed by atoms with Gasteiger partial charge in [-0.05, 0) is 58.6 Å². The molecular formula is C19H17NOS. The predicted octanol–water partition coefficient (Wildman–Crippen LogP) is 5.01. The summed E-state index contributed by atoms with van der Waals surface area (Å²) in [7, 11) is 0. The highest BCUT2D eigenvalue weighted by Gasteiger charge is 2.28. The van der Waals surface area contributed by atoms with E-state index in [2.05, 4.69) is 54.8 Å². The third-order valence-electron chi connectivity index (χ3n) is 4.26. The van der Waals surface area contributed by atoms with E-state index >= 15 is 0 Å². The minimum atomic E-state index is 0.127. The summed E-state index contributed by atoms with van der Waals surface area (Å²) in [5.74, 6) is 0.127. The predicted molar refractivity (Wildman–Crippen MR) is 92.8 cm³/mol. The summed E-state index contributed by atoms with van der Waals surface area (Å²) < 4.78 is 1.26. The number of thiophene rings is 1. The third-order valence-corrected chi connectivity index (χ3v) is 5.16. The van der Waals surface area contributed by atoms with Crippen molar-refractivity contribution in [3.8, 4) is 0 Å². The van der Waals surface area contributed by atoms with Crippen LogP contribution in [0.4, 0.5) is 5.69 Å². The first kappa shape index (κ1) is 13.5. The third kappa shape index (κ3) is 2.13. The number of aryl methyl sites for hydroxylation is 1. The molecule has 0 atom stereocenters. The van der Waals surface area contributed by atoms with Crippen LogP contribution in [0.1, 0.15) is 34.8 Å². The lowest BCUT2D eigenvalue weighted by Crippen LogP contribution is -2.22. The molecular weight excluding hydrogens is 290 g/mol. The molecule has 0 fully saturated rings. The highest BCUT2D eigenvalue weighted by molar-refractivity contribution is 7.17. The van der Waals surface area contributed by atoms with Crippen LogP contribution in [-0.2, 0) is 13.0 Å². The Hall–Kier alpha value is -2.13. The molecule has 2 nitrogen and oxygen atoms in total. The highest BCUT2D eigenvalue weighted by Crippen LogP contribution is 2.32. The summed E-state index contributed by atoms with van der Waals surface area (Å²) in [6, 6.07) is 14.7. The molecule has 2 heterocycles. The smallest absolute Gasteiger partial charge is 0.258 e. The number of carbonyl (C=O) groups is 1. The molecule has 1 aromatic heterocycles. The Labute approximate surface area is 134 Å². The first-order valence-corrected chi connectivity index (χ1v) is 8.55. The van der Waals surface area contributed by atoms with Gasteiger partial charge in [0.2, 0.25) is 0 Å². The first-order valence-electron chi connectivity index (χ1n) is 7.67. The number of nitrogens with zero attached hydrogens (tertiary/aromatic N) is 1. The average molecular weight is 307 g/mol. The van der Waals surface area contributed by atoms with Crippen molar-refractivity contribution in [2.24, 2.45) is 0 Å². The molecule has 0 spiro atoms. The molecule has 0 N–H and O–H groups in total. The van der Waals surface area contributed by atoms with Crippen LogP contribution >= 0.6 is 11.3 Å². The van der Waals surface area contributed by atoms with E-state index < -0.39 is 0 Å². The summed E-state index contributed by atoms with van der Waals surface area (Å²) in [6.45, 7) is 2.84. The largest absolute Gasteiger partial charge is 0.304 e. The summed E-state index contributed by atoms with van der Waals surface area (Å²) in [4.78, 5) is 14.6. The fraction of sp³-hybridized carbons (Fsp3) is 0.211. The van der Waals surface area contributed by atoms with Crippen LogP contribution in [0.25, 0.3) is 10.1 Å². The molecule has 0 radical (unpaired) electrons. The van der Waals surface area contributed by atoms with Gasteiger partial charge in [-0.2, -0.15) is 0 Å². The topological polar surface area (TPSA) is 20.3 Å². The van der Waals surface area contributed by atoms with E-state index in [1.165, 1.54) is 15.6 Å². The zero-order valence-electron chi connectivity index (χ0n) is 12.5. The van der Waals surface area contributed by atoms with Crippen LogP contribution in [0.3, 0.4) is 0 Å². The standard InChI is InChI=1S/C19H17NOS/c1-2-3-13-4-5-15-12-20(19(21)17(15)10-13)16-6-7-18-14(11-16)8-9-22-18/h4-11H,2-3,12H2,1H3. The van der Waals surface area contributed by atoms with E-state index in [4.69, 9.17) is 0 Å². The van der Waals surface area contributed by atoms with E-state index in [1.807, 2.05) is 4.90 Å². The SMILES string of the molecule is CCCc1ccc2c(c1)C(=O)N(c1ccc3sccc3c1)C2. The van der Waals surface area contributed by atoms with Gasteiger partial charge in [-0.1, -0.05) is 25.5 Å². The second-order valence-corrected chi connectivity index (χ2v) is 6.72. The fourth-order valence-corrected chi connectivity index (χ4v) is 3.89. The first-order chi connectivity index (χ1) is 10.8. The second-order valence-electron chi connectivity index (χ2n) is 5.78. The monoisotopic (exact) mass is 307 g/mol. The maximum atomic E-state index is 12.8. The number of benzene rings is 2. The molecule has 22 heavy (non-hydrogen) atoms. The minimum Gasteiger partial charge on any atom is -0.304 e. The van der Waals surface area contributed by atoms with Crippen LogP contribution < -0.4 is 4.90 Å². The van der Waals surface area contributed by atoms with Gasteiger partial charge >= 0.3 is 0 Å². The van der Waals surface area contributed by atoms with Crippen molar-refractivity contribution >= 4 is 33.0 Å². The Morgan fingerprint density at radius 3 is 2.91 bits per heavy atom. The fourth-order valence-electron chi connectivity index (χ4n) is 3.12. The molecule has 4 rings (SSSR count). The van der Waals surface area contributed by atoms with Gasteiger partial charge in [0.05, 0.1) is 6.54 Å². The molecule has 1 aliphatic rings. The zero-order chi connectivity index (χ0) is 15.1. The number of hydrogen-bond acceptors (Lipinski definition) is 2. The summed E-state index contributed by atoms with van der Waals surface area (Å²) in [5.41, 5.74) is 4.25. The van der Waals surface area contributed by atoms with Crippen LogP contribution in [-0.4, -0.2) is 5.91 Å². The maximum absolute atomic E-state index is 12.8. The lowest BCUT2D eigenvalue weighted by Gasteiger charge is -2.15. The molecule has 0 unspecified atom stereocenters. The van der Waals surface area contributed by atoms with Crippen molar-refractivity contribution in [1.82, 2.24) is 0 Å². The Balaban J connectivity index is 1.71. The van der Waals surface area contributed by atoms with Gasteiger partial charge in [0.25, 0.3) is 5.91 Å². The number of amides is 1. The van der Waals surface area contributed by atoms with Crippen LogP contribution in [0.15, 0.2) is 47.8 Å². The highest BCUT2D eigenvalue weighted by atomic mass is 32.1. The number of rotatable bonds is 3. The number of hydrogen-bond donors (Lipinski definition) is 0. The van der Waals surface area contributed by atoms with Gasteiger partial charge in [-0.15, -0.1) is 11.3 Å². The zero-order valence-corrected chi connectivity index (χ0v) is 13.3. The van der Waals surface area contributed by atoms with E-state index in [1.54, 1.807) is 11.3 Å². The van der Waals surface area contributed by atoms with Crippen molar-refractivity contribution in [2.75, 3.05) is 4.90 Å².